The van der Waals surface area contributed by atoms with Gasteiger partial charge in [0.25, 0.3) is 5.91 Å². The van der Waals surface area contributed by atoms with Gasteiger partial charge in [-0.05, 0) is 55.3 Å². The molecule has 0 radical (unpaired) electrons. The average molecular weight is 605 g/mol. The molecule has 2 saturated heterocycles. The van der Waals surface area contributed by atoms with Crippen molar-refractivity contribution in [3.8, 4) is 11.8 Å². The summed E-state index contributed by atoms with van der Waals surface area (Å²) >= 11 is 0. The summed E-state index contributed by atoms with van der Waals surface area (Å²) in [5, 5.41) is 10.5. The van der Waals surface area contributed by atoms with Gasteiger partial charge in [0.05, 0.1) is 30.0 Å². The molecule has 2 fully saturated rings. The van der Waals surface area contributed by atoms with Gasteiger partial charge in [-0.1, -0.05) is 12.0 Å². The molecule has 10 nitrogen and oxygen atoms in total. The van der Waals surface area contributed by atoms with E-state index in [9.17, 15) is 18.0 Å². The molecule has 13 heteroatoms. The van der Waals surface area contributed by atoms with E-state index in [4.69, 9.17) is 4.74 Å². The zero-order chi connectivity index (χ0) is 30.7. The number of hydrogen-bond donors (Lipinski definition) is 2. The van der Waals surface area contributed by atoms with Crippen LogP contribution < -0.4 is 10.6 Å². The third-order valence-corrected chi connectivity index (χ3v) is 7.64. The summed E-state index contributed by atoms with van der Waals surface area (Å²) in [6.45, 7) is 4.53. The van der Waals surface area contributed by atoms with Crippen molar-refractivity contribution in [1.82, 2.24) is 29.4 Å². The van der Waals surface area contributed by atoms with Crippen LogP contribution in [-0.4, -0.2) is 87.8 Å². The maximum absolute atomic E-state index is 14.0. The van der Waals surface area contributed by atoms with Crippen LogP contribution in [-0.2, 0) is 17.5 Å². The van der Waals surface area contributed by atoms with Gasteiger partial charge in [0.1, 0.15) is 11.5 Å². The van der Waals surface area contributed by atoms with Gasteiger partial charge in [0, 0.05) is 63.0 Å². The Kier molecular flexibility index (Phi) is 8.47. The van der Waals surface area contributed by atoms with Crippen LogP contribution in [0.5, 0.6) is 0 Å². The minimum absolute atomic E-state index is 0.0475. The highest BCUT2D eigenvalue weighted by Crippen LogP contribution is 2.34. The van der Waals surface area contributed by atoms with E-state index in [1.807, 2.05) is 24.1 Å². The van der Waals surface area contributed by atoms with E-state index in [0.29, 0.717) is 49.0 Å². The molecule has 1 aromatic carbocycles. The standard InChI is InChI=1S/C31H31F3N8O2/c1-40-9-11-41(12-10-40)19-22-3-4-24(15-27(22)31(32,33)34)38-30(43)23-14-21(16-35-17-23)2-5-26-18-36-29-7-6-28(39-42(26)29)37-25-8-13-44-20-25/h3-4,6-7,14-18,25H,8-13,19-20H2,1H3,(H,37,39)(H,38,43)/t25-/m0/s1. The summed E-state index contributed by atoms with van der Waals surface area (Å²) in [4.78, 5) is 25.6. The highest BCUT2D eigenvalue weighted by Gasteiger charge is 2.34. The number of fused-ring (bicyclic) bond motifs is 1. The number of carbonyl (C=O) groups is 1. The number of benzene rings is 1. The van der Waals surface area contributed by atoms with Crippen molar-refractivity contribution in [2.45, 2.75) is 25.2 Å². The minimum atomic E-state index is -4.56. The zero-order valence-corrected chi connectivity index (χ0v) is 24.1. The molecule has 3 aromatic heterocycles. The topological polar surface area (TPSA) is 99.9 Å². The van der Waals surface area contributed by atoms with Gasteiger partial charge in [-0.3, -0.25) is 14.7 Å². The number of ether oxygens (including phenoxy) is 1. The second-order valence-corrected chi connectivity index (χ2v) is 11.0. The third kappa shape index (κ3) is 6.99. The van der Waals surface area contributed by atoms with E-state index in [1.165, 1.54) is 30.6 Å². The molecule has 2 N–H and O–H groups in total. The third-order valence-electron chi connectivity index (χ3n) is 7.64. The molecule has 0 aliphatic carbocycles. The van der Waals surface area contributed by atoms with Crippen molar-refractivity contribution in [3.63, 3.8) is 0 Å². The smallest absolute Gasteiger partial charge is 0.379 e. The van der Waals surface area contributed by atoms with Crippen LogP contribution in [0.4, 0.5) is 24.7 Å². The Morgan fingerprint density at radius 1 is 1.07 bits per heavy atom. The highest BCUT2D eigenvalue weighted by molar-refractivity contribution is 6.04. The molecule has 0 unspecified atom stereocenters. The van der Waals surface area contributed by atoms with Gasteiger partial charge >= 0.3 is 6.18 Å². The molecule has 6 rings (SSSR count). The summed E-state index contributed by atoms with van der Waals surface area (Å²) in [5.41, 5.74) is 1.24. The monoisotopic (exact) mass is 604 g/mol. The molecule has 228 valence electrons. The Bertz CT molecular complexity index is 1710. The lowest BCUT2D eigenvalue weighted by atomic mass is 10.0. The highest BCUT2D eigenvalue weighted by atomic mass is 19.4. The lowest BCUT2D eigenvalue weighted by Gasteiger charge is -2.33. The van der Waals surface area contributed by atoms with Gasteiger partial charge in [0.2, 0.25) is 0 Å². The SMILES string of the molecule is CN1CCN(Cc2ccc(NC(=O)c3cncc(C#Cc4cnc5ccc(N[C@H]6CCOC6)nn45)c3)cc2C(F)(F)F)CC1. The fourth-order valence-electron chi connectivity index (χ4n) is 5.17. The van der Waals surface area contributed by atoms with E-state index in [1.54, 1.807) is 10.7 Å². The molecule has 0 saturated carbocycles. The number of hydrogen-bond acceptors (Lipinski definition) is 8. The molecule has 4 aromatic rings. The lowest BCUT2D eigenvalue weighted by Crippen LogP contribution is -2.44. The number of aromatic nitrogens is 4. The number of imidazole rings is 1. The summed E-state index contributed by atoms with van der Waals surface area (Å²) in [5.74, 6) is 6.08. The van der Waals surface area contributed by atoms with Crippen LogP contribution in [0.15, 0.2) is 55.0 Å². The molecular formula is C31H31F3N8O2. The Labute approximate surface area is 252 Å². The predicted octanol–water partition coefficient (Wildman–Crippen LogP) is 3.74. The number of anilines is 2. The Hall–Kier alpha value is -4.51. The Morgan fingerprint density at radius 3 is 2.68 bits per heavy atom. The van der Waals surface area contributed by atoms with Crippen LogP contribution >= 0.6 is 0 Å². The fourth-order valence-corrected chi connectivity index (χ4v) is 5.17. The second-order valence-electron chi connectivity index (χ2n) is 11.0. The van der Waals surface area contributed by atoms with Crippen molar-refractivity contribution < 1.29 is 22.7 Å². The number of pyridine rings is 1. The number of halogens is 3. The largest absolute Gasteiger partial charge is 0.416 e. The number of nitrogens with one attached hydrogen (secondary N) is 2. The van der Waals surface area contributed by atoms with Crippen molar-refractivity contribution >= 4 is 23.1 Å². The number of piperazine rings is 1. The van der Waals surface area contributed by atoms with Gasteiger partial charge in [-0.25, -0.2) is 9.50 Å². The molecule has 1 atom stereocenters. The number of alkyl halides is 3. The van der Waals surface area contributed by atoms with Gasteiger partial charge < -0.3 is 20.3 Å². The van der Waals surface area contributed by atoms with E-state index in [-0.39, 0.29) is 29.4 Å². The van der Waals surface area contributed by atoms with Gasteiger partial charge in [-0.15, -0.1) is 5.10 Å². The maximum atomic E-state index is 14.0. The molecule has 44 heavy (non-hydrogen) atoms. The van der Waals surface area contributed by atoms with Gasteiger partial charge in [0.15, 0.2) is 5.65 Å². The maximum Gasteiger partial charge on any atom is 0.416 e. The van der Waals surface area contributed by atoms with Crippen LogP contribution in [0.3, 0.4) is 0 Å². The predicted molar refractivity (Wildman–Crippen MR) is 158 cm³/mol. The van der Waals surface area contributed by atoms with Crippen molar-refractivity contribution in [2.24, 2.45) is 0 Å². The van der Waals surface area contributed by atoms with E-state index in [0.717, 1.165) is 25.6 Å². The van der Waals surface area contributed by atoms with Crippen LogP contribution in [0.1, 0.15) is 39.2 Å². The van der Waals surface area contributed by atoms with E-state index in [2.05, 4.69) is 42.4 Å². The van der Waals surface area contributed by atoms with Crippen molar-refractivity contribution in [2.75, 3.05) is 57.1 Å². The molecule has 2 aliphatic heterocycles. The van der Waals surface area contributed by atoms with Crippen molar-refractivity contribution in [1.29, 1.82) is 0 Å². The quantitative estimate of drug-likeness (QED) is 0.321. The molecule has 2 aliphatic rings. The summed E-state index contributed by atoms with van der Waals surface area (Å²) in [7, 11) is 1.99. The van der Waals surface area contributed by atoms with Crippen LogP contribution in [0.25, 0.3) is 5.65 Å². The molecule has 0 bridgehead atoms. The first-order valence-corrected chi connectivity index (χ1v) is 14.3. The number of carbonyl (C=O) groups excluding carboxylic acids is 1. The molecular weight excluding hydrogens is 573 g/mol. The lowest BCUT2D eigenvalue weighted by molar-refractivity contribution is -0.138. The molecule has 1 amide bonds. The number of likely N-dealkylation sites (N-methyl/N-ethyl adjacent to an activating group) is 1. The van der Waals surface area contributed by atoms with E-state index < -0.39 is 17.6 Å². The van der Waals surface area contributed by atoms with Crippen LogP contribution in [0, 0.1) is 11.8 Å². The minimum Gasteiger partial charge on any atom is -0.379 e. The second kappa shape index (κ2) is 12.6. The molecule has 5 heterocycles. The van der Waals surface area contributed by atoms with Crippen molar-refractivity contribution in [3.05, 3.63) is 82.9 Å². The first kappa shape index (κ1) is 29.6. The van der Waals surface area contributed by atoms with Crippen LogP contribution in [0.2, 0.25) is 0 Å². The first-order valence-electron chi connectivity index (χ1n) is 14.3. The summed E-state index contributed by atoms with van der Waals surface area (Å²) < 4.78 is 49.0. The average Bonchev–Trinajstić information content (AvgIpc) is 3.67. The number of nitrogens with zero attached hydrogens (tertiary/aromatic N) is 6. The zero-order valence-electron chi connectivity index (χ0n) is 24.1. The van der Waals surface area contributed by atoms with E-state index >= 15 is 0 Å². The Balaban J connectivity index is 1.16. The Morgan fingerprint density at radius 2 is 1.91 bits per heavy atom. The summed E-state index contributed by atoms with van der Waals surface area (Å²) in [6.07, 6.45) is 0.788. The summed E-state index contributed by atoms with van der Waals surface area (Å²) in [6, 6.07) is 9.33. The number of amides is 1. The molecule has 0 spiro atoms. The first-order chi connectivity index (χ1) is 21.2. The normalized spacial score (nSPS) is 17.8. The number of rotatable bonds is 6. The fraction of sp³-hybridized carbons (Fsp3) is 0.355. The van der Waals surface area contributed by atoms with Gasteiger partial charge in [-0.2, -0.15) is 13.2 Å².